The molecule has 1 heterocycles. The molecule has 1 aliphatic heterocycles. The Balaban J connectivity index is 1.92. The summed E-state index contributed by atoms with van der Waals surface area (Å²) < 4.78 is 24.4. The van der Waals surface area contributed by atoms with E-state index in [2.05, 4.69) is 5.32 Å². The lowest BCUT2D eigenvalue weighted by molar-refractivity contribution is -0.138. The molecular formula is C14H24N2O4S. The van der Waals surface area contributed by atoms with Gasteiger partial charge in [0.1, 0.15) is 6.04 Å². The van der Waals surface area contributed by atoms with Crippen LogP contribution in [0.15, 0.2) is 0 Å². The molecule has 0 aromatic carbocycles. The Labute approximate surface area is 126 Å². The Morgan fingerprint density at radius 2 is 1.95 bits per heavy atom. The molecular weight excluding hydrogens is 292 g/mol. The first-order valence-electron chi connectivity index (χ1n) is 7.70. The van der Waals surface area contributed by atoms with Gasteiger partial charge in [0.25, 0.3) is 0 Å². The first kappa shape index (κ1) is 16.3. The zero-order valence-electron chi connectivity index (χ0n) is 12.5. The molecule has 1 aliphatic carbocycles. The zero-order valence-corrected chi connectivity index (χ0v) is 13.3. The molecule has 21 heavy (non-hydrogen) atoms. The molecule has 1 N–H and O–H groups in total. The normalized spacial score (nSPS) is 24.7. The van der Waals surface area contributed by atoms with Crippen LogP contribution in [0.25, 0.3) is 0 Å². The van der Waals surface area contributed by atoms with Crippen LogP contribution in [0.2, 0.25) is 0 Å². The van der Waals surface area contributed by atoms with Crippen LogP contribution < -0.4 is 5.32 Å². The summed E-state index contributed by atoms with van der Waals surface area (Å²) in [6.45, 7) is 2.75. The fourth-order valence-electron chi connectivity index (χ4n) is 3.07. The minimum absolute atomic E-state index is 0.0174. The molecule has 2 amide bonds. The smallest absolute Gasteiger partial charge is 0.242 e. The SMILES string of the molecule is C[C@H]1C(=O)NCCCN1C(=O)CCS(=O)(=O)C1CCCC1. The highest BCUT2D eigenvalue weighted by Gasteiger charge is 2.31. The van der Waals surface area contributed by atoms with Gasteiger partial charge < -0.3 is 10.2 Å². The van der Waals surface area contributed by atoms with Gasteiger partial charge in [0, 0.05) is 19.5 Å². The van der Waals surface area contributed by atoms with Crippen LogP contribution in [0.1, 0.15) is 45.4 Å². The molecule has 0 aromatic rings. The number of nitrogens with one attached hydrogen (secondary N) is 1. The van der Waals surface area contributed by atoms with Crippen molar-refractivity contribution in [3.8, 4) is 0 Å². The summed E-state index contributed by atoms with van der Waals surface area (Å²) in [5, 5.41) is 2.48. The predicted octanol–water partition coefficient (Wildman–Crippen LogP) is 0.471. The summed E-state index contributed by atoms with van der Waals surface area (Å²) in [5.41, 5.74) is 0. The van der Waals surface area contributed by atoms with Crippen molar-refractivity contribution in [1.29, 1.82) is 0 Å². The van der Waals surface area contributed by atoms with E-state index in [0.717, 1.165) is 25.7 Å². The average molecular weight is 316 g/mol. The summed E-state index contributed by atoms with van der Waals surface area (Å²) in [4.78, 5) is 25.5. The fraction of sp³-hybridized carbons (Fsp3) is 0.857. The topological polar surface area (TPSA) is 83.6 Å². The lowest BCUT2D eigenvalue weighted by atomic mass is 10.2. The molecule has 0 radical (unpaired) electrons. The third-order valence-corrected chi connectivity index (χ3v) is 6.71. The van der Waals surface area contributed by atoms with Crippen molar-refractivity contribution >= 4 is 21.7 Å². The Morgan fingerprint density at radius 1 is 1.29 bits per heavy atom. The quantitative estimate of drug-likeness (QED) is 0.817. The van der Waals surface area contributed by atoms with Crippen LogP contribution in [0.5, 0.6) is 0 Å². The van der Waals surface area contributed by atoms with Gasteiger partial charge in [0.2, 0.25) is 11.8 Å². The van der Waals surface area contributed by atoms with Gasteiger partial charge in [-0.1, -0.05) is 12.8 Å². The van der Waals surface area contributed by atoms with Crippen LogP contribution >= 0.6 is 0 Å². The lowest BCUT2D eigenvalue weighted by Gasteiger charge is -2.25. The van der Waals surface area contributed by atoms with Crippen LogP contribution in [-0.2, 0) is 19.4 Å². The van der Waals surface area contributed by atoms with E-state index in [-0.39, 0.29) is 29.2 Å². The van der Waals surface area contributed by atoms with Crippen molar-refractivity contribution in [2.45, 2.75) is 56.7 Å². The molecule has 1 atom stereocenters. The second kappa shape index (κ2) is 6.77. The summed E-state index contributed by atoms with van der Waals surface area (Å²) in [5.74, 6) is -0.498. The van der Waals surface area contributed by atoms with Gasteiger partial charge in [0.15, 0.2) is 9.84 Å². The van der Waals surface area contributed by atoms with Gasteiger partial charge in [-0.2, -0.15) is 0 Å². The number of carbonyl (C=O) groups is 2. The van der Waals surface area contributed by atoms with E-state index in [4.69, 9.17) is 0 Å². The molecule has 2 aliphatic rings. The number of hydrogen-bond donors (Lipinski definition) is 1. The number of nitrogens with zero attached hydrogens (tertiary/aromatic N) is 1. The highest BCUT2D eigenvalue weighted by atomic mass is 32.2. The van der Waals surface area contributed by atoms with E-state index in [1.54, 1.807) is 6.92 Å². The first-order chi connectivity index (χ1) is 9.92. The van der Waals surface area contributed by atoms with E-state index < -0.39 is 15.9 Å². The van der Waals surface area contributed by atoms with Gasteiger partial charge >= 0.3 is 0 Å². The molecule has 1 saturated carbocycles. The predicted molar refractivity (Wildman–Crippen MR) is 79.5 cm³/mol. The molecule has 0 unspecified atom stereocenters. The maximum absolute atomic E-state index is 12.2. The van der Waals surface area contributed by atoms with E-state index in [1.807, 2.05) is 0 Å². The Morgan fingerprint density at radius 3 is 2.62 bits per heavy atom. The number of rotatable bonds is 4. The van der Waals surface area contributed by atoms with Gasteiger partial charge in [-0.05, 0) is 26.2 Å². The number of carbonyl (C=O) groups excluding carboxylic acids is 2. The highest BCUT2D eigenvalue weighted by Crippen LogP contribution is 2.25. The van der Waals surface area contributed by atoms with Gasteiger partial charge in [-0.25, -0.2) is 8.42 Å². The number of amides is 2. The fourth-order valence-corrected chi connectivity index (χ4v) is 4.92. The first-order valence-corrected chi connectivity index (χ1v) is 9.42. The largest absolute Gasteiger partial charge is 0.354 e. The van der Waals surface area contributed by atoms with Gasteiger partial charge in [-0.15, -0.1) is 0 Å². The van der Waals surface area contributed by atoms with Crippen molar-refractivity contribution in [3.63, 3.8) is 0 Å². The number of sulfone groups is 1. The van der Waals surface area contributed by atoms with Crippen molar-refractivity contribution in [2.24, 2.45) is 0 Å². The molecule has 2 fully saturated rings. The lowest BCUT2D eigenvalue weighted by Crippen LogP contribution is -2.45. The van der Waals surface area contributed by atoms with E-state index >= 15 is 0 Å². The molecule has 2 rings (SSSR count). The number of hydrogen-bond acceptors (Lipinski definition) is 4. The highest BCUT2D eigenvalue weighted by molar-refractivity contribution is 7.92. The van der Waals surface area contributed by atoms with Crippen molar-refractivity contribution < 1.29 is 18.0 Å². The summed E-state index contributed by atoms with van der Waals surface area (Å²) in [7, 11) is -3.18. The Bertz CT molecular complexity index is 497. The molecule has 120 valence electrons. The van der Waals surface area contributed by atoms with Crippen LogP contribution in [0.3, 0.4) is 0 Å². The van der Waals surface area contributed by atoms with Gasteiger partial charge in [0.05, 0.1) is 11.0 Å². The molecule has 0 aromatic heterocycles. The molecule has 0 bridgehead atoms. The van der Waals surface area contributed by atoms with Crippen molar-refractivity contribution in [3.05, 3.63) is 0 Å². The third-order valence-electron chi connectivity index (χ3n) is 4.45. The van der Waals surface area contributed by atoms with Crippen LogP contribution in [-0.4, -0.2) is 55.3 Å². The summed E-state index contributed by atoms with van der Waals surface area (Å²) in [6, 6.07) is -0.519. The maximum atomic E-state index is 12.2. The molecule has 1 saturated heterocycles. The van der Waals surface area contributed by atoms with E-state index in [0.29, 0.717) is 19.5 Å². The minimum atomic E-state index is -3.18. The third kappa shape index (κ3) is 3.96. The standard InChI is InChI=1S/C14H24N2O4S/c1-11-14(18)15-8-4-9-16(11)13(17)7-10-21(19,20)12-5-2-3-6-12/h11-12H,2-10H2,1H3,(H,15,18)/t11-/m0/s1. The molecule has 0 spiro atoms. The minimum Gasteiger partial charge on any atom is -0.354 e. The van der Waals surface area contributed by atoms with Crippen LogP contribution in [0.4, 0.5) is 0 Å². The molecule has 6 nitrogen and oxygen atoms in total. The van der Waals surface area contributed by atoms with Gasteiger partial charge in [-0.3, -0.25) is 9.59 Å². The van der Waals surface area contributed by atoms with E-state index in [9.17, 15) is 18.0 Å². The second-order valence-corrected chi connectivity index (χ2v) is 8.33. The monoisotopic (exact) mass is 316 g/mol. The van der Waals surface area contributed by atoms with Crippen LogP contribution in [0, 0.1) is 0 Å². The Hall–Kier alpha value is -1.11. The van der Waals surface area contributed by atoms with E-state index in [1.165, 1.54) is 4.90 Å². The van der Waals surface area contributed by atoms with Crippen molar-refractivity contribution in [1.82, 2.24) is 10.2 Å². The average Bonchev–Trinajstić information content (AvgIpc) is 2.94. The molecule has 7 heteroatoms. The second-order valence-electron chi connectivity index (χ2n) is 5.93. The van der Waals surface area contributed by atoms with Crippen molar-refractivity contribution in [2.75, 3.05) is 18.8 Å². The summed E-state index contributed by atoms with van der Waals surface area (Å²) >= 11 is 0. The zero-order chi connectivity index (χ0) is 15.5. The summed E-state index contributed by atoms with van der Waals surface area (Å²) in [6.07, 6.45) is 4.05. The Kier molecular flexibility index (Phi) is 5.24. The maximum Gasteiger partial charge on any atom is 0.242 e.